The highest BCUT2D eigenvalue weighted by Crippen LogP contribution is 2.35. The Morgan fingerprint density at radius 1 is 1.05 bits per heavy atom. The van der Waals surface area contributed by atoms with E-state index in [4.69, 9.17) is 10.5 Å². The van der Waals surface area contributed by atoms with Gasteiger partial charge in [0.25, 0.3) is 0 Å². The van der Waals surface area contributed by atoms with Crippen LogP contribution in [0.1, 0.15) is 25.0 Å². The average molecular weight is 257 g/mol. The molecule has 100 valence electrons. The van der Waals surface area contributed by atoms with Gasteiger partial charge in [0.2, 0.25) is 0 Å². The smallest absolute Gasteiger partial charge is 0.162 e. The molecule has 0 aliphatic carbocycles. The Morgan fingerprint density at radius 2 is 1.74 bits per heavy atom. The fraction of sp³-hybridized carbons (Fsp3) is 0.250. The van der Waals surface area contributed by atoms with Crippen molar-refractivity contribution in [3.8, 4) is 11.5 Å². The Kier molecular flexibility index (Phi) is 3.76. The third kappa shape index (κ3) is 3.26. The number of aromatic hydroxyl groups is 1. The van der Waals surface area contributed by atoms with Gasteiger partial charge < -0.3 is 15.6 Å². The molecule has 0 saturated heterocycles. The molecule has 0 bridgehead atoms. The van der Waals surface area contributed by atoms with Crippen LogP contribution in [0.4, 0.5) is 0 Å². The number of benzene rings is 2. The molecule has 3 heteroatoms. The molecule has 0 fully saturated rings. The molecule has 0 aliphatic heterocycles. The average Bonchev–Trinajstić information content (AvgIpc) is 2.37. The monoisotopic (exact) mass is 257 g/mol. The predicted molar refractivity (Wildman–Crippen MR) is 76.1 cm³/mol. The van der Waals surface area contributed by atoms with Crippen LogP contribution in [0.2, 0.25) is 0 Å². The van der Waals surface area contributed by atoms with Crippen LogP contribution in [-0.2, 0) is 12.1 Å². The van der Waals surface area contributed by atoms with Crippen molar-refractivity contribution in [2.45, 2.75) is 26.0 Å². The van der Waals surface area contributed by atoms with E-state index in [0.717, 1.165) is 5.56 Å². The molecule has 2 aromatic rings. The van der Waals surface area contributed by atoms with Crippen LogP contribution >= 0.6 is 0 Å². The Labute approximate surface area is 113 Å². The molecule has 0 saturated carbocycles. The number of phenolic OH excluding ortho intramolecular Hbond substituents is 1. The van der Waals surface area contributed by atoms with E-state index in [2.05, 4.69) is 0 Å². The lowest BCUT2D eigenvalue weighted by Crippen LogP contribution is -2.28. The van der Waals surface area contributed by atoms with Gasteiger partial charge >= 0.3 is 0 Å². The molecule has 3 N–H and O–H groups in total. The Hall–Kier alpha value is -2.00. The van der Waals surface area contributed by atoms with Crippen LogP contribution in [-0.4, -0.2) is 5.11 Å². The summed E-state index contributed by atoms with van der Waals surface area (Å²) in [7, 11) is 0. The van der Waals surface area contributed by atoms with Gasteiger partial charge in [-0.25, -0.2) is 0 Å². The Balaban J connectivity index is 2.18. The molecule has 0 unspecified atom stereocenters. The van der Waals surface area contributed by atoms with Crippen LogP contribution in [0.3, 0.4) is 0 Å². The van der Waals surface area contributed by atoms with Gasteiger partial charge in [-0.1, -0.05) is 42.5 Å². The summed E-state index contributed by atoms with van der Waals surface area (Å²) in [5.41, 5.74) is 7.15. The van der Waals surface area contributed by atoms with Crippen LogP contribution in [0.5, 0.6) is 11.5 Å². The summed E-state index contributed by atoms with van der Waals surface area (Å²) >= 11 is 0. The van der Waals surface area contributed by atoms with Crippen molar-refractivity contribution in [2.75, 3.05) is 0 Å². The zero-order valence-electron chi connectivity index (χ0n) is 11.3. The number of hydrogen-bond donors (Lipinski definition) is 2. The van der Waals surface area contributed by atoms with E-state index in [9.17, 15) is 5.11 Å². The molecular formula is C16H19NO2. The van der Waals surface area contributed by atoms with Crippen molar-refractivity contribution in [2.24, 2.45) is 5.73 Å². The van der Waals surface area contributed by atoms with Crippen molar-refractivity contribution in [3.63, 3.8) is 0 Å². The topological polar surface area (TPSA) is 55.5 Å². The lowest BCUT2D eigenvalue weighted by atomic mass is 9.94. The Bertz CT molecular complexity index is 544. The summed E-state index contributed by atoms with van der Waals surface area (Å²) in [6, 6.07) is 15.2. The molecule has 0 atom stereocenters. The van der Waals surface area contributed by atoms with Crippen LogP contribution in [0, 0.1) is 0 Å². The van der Waals surface area contributed by atoms with Crippen molar-refractivity contribution in [1.82, 2.24) is 0 Å². The van der Waals surface area contributed by atoms with Gasteiger partial charge in [-0.3, -0.25) is 0 Å². The SMILES string of the molecule is CC(C)(N)c1cccc(OCc2ccccc2)c1O. The zero-order chi connectivity index (χ0) is 13.9. The summed E-state index contributed by atoms with van der Waals surface area (Å²) in [5.74, 6) is 0.575. The minimum absolute atomic E-state index is 0.117. The number of phenols is 1. The number of ether oxygens (including phenoxy) is 1. The number of nitrogens with two attached hydrogens (primary N) is 1. The standard InChI is InChI=1S/C16H19NO2/c1-16(2,17)13-9-6-10-14(15(13)18)19-11-12-7-4-3-5-8-12/h3-10,18H,11,17H2,1-2H3. The van der Waals surface area contributed by atoms with Crippen LogP contribution in [0.25, 0.3) is 0 Å². The first kappa shape index (κ1) is 13.4. The highest BCUT2D eigenvalue weighted by atomic mass is 16.5. The molecule has 2 aromatic carbocycles. The molecule has 3 nitrogen and oxygen atoms in total. The van der Waals surface area contributed by atoms with Crippen LogP contribution in [0.15, 0.2) is 48.5 Å². The van der Waals surface area contributed by atoms with Gasteiger partial charge in [0.05, 0.1) is 0 Å². The number of hydrogen-bond acceptors (Lipinski definition) is 3. The summed E-state index contributed by atoms with van der Waals surface area (Å²) in [5, 5.41) is 10.2. The van der Waals surface area contributed by atoms with E-state index in [1.54, 1.807) is 6.07 Å². The lowest BCUT2D eigenvalue weighted by Gasteiger charge is -2.21. The maximum Gasteiger partial charge on any atom is 0.162 e. The minimum Gasteiger partial charge on any atom is -0.504 e. The molecule has 0 amide bonds. The second-order valence-electron chi connectivity index (χ2n) is 5.15. The fourth-order valence-corrected chi connectivity index (χ4v) is 1.89. The first-order valence-corrected chi connectivity index (χ1v) is 6.26. The van der Waals surface area contributed by atoms with Gasteiger partial charge in [-0.05, 0) is 25.5 Å². The van der Waals surface area contributed by atoms with Gasteiger partial charge in [0.1, 0.15) is 6.61 Å². The van der Waals surface area contributed by atoms with Gasteiger partial charge in [-0.15, -0.1) is 0 Å². The van der Waals surface area contributed by atoms with E-state index in [0.29, 0.717) is 17.9 Å². The minimum atomic E-state index is -0.601. The number of para-hydroxylation sites is 1. The van der Waals surface area contributed by atoms with Gasteiger partial charge in [0, 0.05) is 11.1 Å². The zero-order valence-corrected chi connectivity index (χ0v) is 11.3. The lowest BCUT2D eigenvalue weighted by molar-refractivity contribution is 0.285. The maximum atomic E-state index is 10.2. The predicted octanol–water partition coefficient (Wildman–Crippen LogP) is 3.17. The van der Waals surface area contributed by atoms with Gasteiger partial charge in [0.15, 0.2) is 11.5 Å². The molecule has 0 radical (unpaired) electrons. The largest absolute Gasteiger partial charge is 0.504 e. The molecule has 2 rings (SSSR count). The summed E-state index contributed by atoms with van der Waals surface area (Å²) < 4.78 is 5.65. The molecular weight excluding hydrogens is 238 g/mol. The van der Waals surface area contributed by atoms with E-state index >= 15 is 0 Å². The molecule has 0 spiro atoms. The van der Waals surface area contributed by atoms with E-state index in [-0.39, 0.29) is 5.75 Å². The van der Waals surface area contributed by atoms with Gasteiger partial charge in [-0.2, -0.15) is 0 Å². The fourth-order valence-electron chi connectivity index (χ4n) is 1.89. The first-order valence-electron chi connectivity index (χ1n) is 6.26. The summed E-state index contributed by atoms with van der Waals surface area (Å²) in [4.78, 5) is 0. The van der Waals surface area contributed by atoms with E-state index in [1.165, 1.54) is 0 Å². The highest BCUT2D eigenvalue weighted by molar-refractivity contribution is 5.48. The van der Waals surface area contributed by atoms with Crippen molar-refractivity contribution >= 4 is 0 Å². The van der Waals surface area contributed by atoms with Crippen molar-refractivity contribution in [3.05, 3.63) is 59.7 Å². The van der Waals surface area contributed by atoms with Crippen LogP contribution < -0.4 is 10.5 Å². The van der Waals surface area contributed by atoms with E-state index < -0.39 is 5.54 Å². The van der Waals surface area contributed by atoms with E-state index in [1.807, 2.05) is 56.3 Å². The molecule has 0 aromatic heterocycles. The molecule has 19 heavy (non-hydrogen) atoms. The maximum absolute atomic E-state index is 10.2. The first-order chi connectivity index (χ1) is 8.98. The third-order valence-corrected chi connectivity index (χ3v) is 2.93. The number of rotatable bonds is 4. The summed E-state index contributed by atoms with van der Waals surface area (Å²) in [6.45, 7) is 4.12. The Morgan fingerprint density at radius 3 is 2.37 bits per heavy atom. The summed E-state index contributed by atoms with van der Waals surface area (Å²) in [6.07, 6.45) is 0. The second kappa shape index (κ2) is 5.33. The molecule has 0 heterocycles. The second-order valence-corrected chi connectivity index (χ2v) is 5.15. The molecule has 0 aliphatic rings. The normalized spacial score (nSPS) is 11.3. The third-order valence-electron chi connectivity index (χ3n) is 2.93. The quantitative estimate of drug-likeness (QED) is 0.884. The highest BCUT2D eigenvalue weighted by Gasteiger charge is 2.20. The van der Waals surface area contributed by atoms with Crippen molar-refractivity contribution < 1.29 is 9.84 Å². The van der Waals surface area contributed by atoms with Crippen molar-refractivity contribution in [1.29, 1.82) is 0 Å².